The summed E-state index contributed by atoms with van der Waals surface area (Å²) in [5.74, 6) is 0.660. The molecule has 1 aliphatic heterocycles. The van der Waals surface area contributed by atoms with E-state index in [4.69, 9.17) is 4.74 Å². The van der Waals surface area contributed by atoms with Gasteiger partial charge in [0.2, 0.25) is 0 Å². The maximum atomic E-state index is 10.2. The van der Waals surface area contributed by atoms with E-state index >= 15 is 0 Å². The van der Waals surface area contributed by atoms with Crippen LogP contribution >= 0.6 is 0 Å². The number of hydrogen-bond donors (Lipinski definition) is 1. The molecule has 15 heavy (non-hydrogen) atoms. The van der Waals surface area contributed by atoms with Gasteiger partial charge in [0.25, 0.3) is 0 Å². The number of aliphatic hydroxyl groups is 1. The Hall–Kier alpha value is -0.120. The van der Waals surface area contributed by atoms with Crippen LogP contribution < -0.4 is 0 Å². The standard InChI is InChI=1S/C12H25NO2/c1-4-12(14,5-2)10-13-7-6-11(8-13)9-15-3/h11,14H,4-10H2,1-3H3. The van der Waals surface area contributed by atoms with Gasteiger partial charge in [0.15, 0.2) is 0 Å². The lowest BCUT2D eigenvalue weighted by atomic mass is 9.97. The van der Waals surface area contributed by atoms with E-state index in [1.165, 1.54) is 6.42 Å². The van der Waals surface area contributed by atoms with Crippen molar-refractivity contribution < 1.29 is 9.84 Å². The largest absolute Gasteiger partial charge is 0.389 e. The van der Waals surface area contributed by atoms with Crippen LogP contribution in [0.3, 0.4) is 0 Å². The van der Waals surface area contributed by atoms with E-state index in [0.29, 0.717) is 5.92 Å². The monoisotopic (exact) mass is 215 g/mol. The Morgan fingerprint density at radius 3 is 2.60 bits per heavy atom. The second-order valence-electron chi connectivity index (χ2n) is 4.78. The summed E-state index contributed by atoms with van der Waals surface area (Å²) in [6, 6.07) is 0. The molecule has 0 spiro atoms. The third-order valence-electron chi connectivity index (χ3n) is 3.61. The minimum absolute atomic E-state index is 0.484. The third kappa shape index (κ3) is 3.74. The van der Waals surface area contributed by atoms with E-state index in [2.05, 4.69) is 18.7 Å². The molecule has 0 saturated carbocycles. The fourth-order valence-electron chi connectivity index (χ4n) is 2.32. The third-order valence-corrected chi connectivity index (χ3v) is 3.61. The summed E-state index contributed by atoms with van der Waals surface area (Å²) < 4.78 is 5.17. The molecule has 0 aromatic rings. The van der Waals surface area contributed by atoms with Gasteiger partial charge in [0, 0.05) is 20.2 Å². The predicted molar refractivity (Wildman–Crippen MR) is 62.0 cm³/mol. The van der Waals surface area contributed by atoms with Crippen molar-refractivity contribution >= 4 is 0 Å². The molecule has 3 nitrogen and oxygen atoms in total. The van der Waals surface area contributed by atoms with E-state index < -0.39 is 5.60 Å². The van der Waals surface area contributed by atoms with E-state index in [1.807, 2.05) is 0 Å². The Morgan fingerprint density at radius 2 is 2.07 bits per heavy atom. The summed E-state index contributed by atoms with van der Waals surface area (Å²) in [5, 5.41) is 10.2. The van der Waals surface area contributed by atoms with Crippen LogP contribution in [0.5, 0.6) is 0 Å². The molecule has 0 aromatic heterocycles. The van der Waals surface area contributed by atoms with Gasteiger partial charge in [0.1, 0.15) is 0 Å². The molecule has 0 aliphatic carbocycles. The highest BCUT2D eigenvalue weighted by atomic mass is 16.5. The number of nitrogens with zero attached hydrogens (tertiary/aromatic N) is 1. The molecular formula is C12H25NO2. The molecule has 0 aromatic carbocycles. The number of ether oxygens (including phenoxy) is 1. The Bertz CT molecular complexity index is 180. The molecule has 0 radical (unpaired) electrons. The first kappa shape index (κ1) is 12.9. The number of hydrogen-bond acceptors (Lipinski definition) is 3. The predicted octanol–water partition coefficient (Wildman–Crippen LogP) is 1.51. The summed E-state index contributed by atoms with van der Waals surface area (Å²) >= 11 is 0. The highest BCUT2D eigenvalue weighted by Gasteiger charge is 2.30. The average Bonchev–Trinajstić information content (AvgIpc) is 2.66. The zero-order valence-corrected chi connectivity index (χ0v) is 10.3. The topological polar surface area (TPSA) is 32.7 Å². The first-order chi connectivity index (χ1) is 7.13. The summed E-state index contributed by atoms with van der Waals surface area (Å²) in [6.07, 6.45) is 2.89. The van der Waals surface area contributed by atoms with Crippen molar-refractivity contribution in [2.24, 2.45) is 5.92 Å². The first-order valence-electron chi connectivity index (χ1n) is 6.07. The van der Waals surface area contributed by atoms with Crippen molar-refractivity contribution in [1.82, 2.24) is 4.90 Å². The lowest BCUT2D eigenvalue weighted by molar-refractivity contribution is 0.000775. The molecule has 90 valence electrons. The fraction of sp³-hybridized carbons (Fsp3) is 1.00. The van der Waals surface area contributed by atoms with E-state index in [9.17, 15) is 5.11 Å². The Morgan fingerprint density at radius 1 is 1.40 bits per heavy atom. The van der Waals surface area contributed by atoms with Gasteiger partial charge < -0.3 is 14.7 Å². The highest BCUT2D eigenvalue weighted by Crippen LogP contribution is 2.22. The van der Waals surface area contributed by atoms with Crippen molar-refractivity contribution in [2.75, 3.05) is 33.4 Å². The number of methoxy groups -OCH3 is 1. The molecule has 0 amide bonds. The van der Waals surface area contributed by atoms with Crippen molar-refractivity contribution in [1.29, 1.82) is 0 Å². The zero-order chi connectivity index (χ0) is 11.3. The van der Waals surface area contributed by atoms with Crippen LogP contribution in [-0.2, 0) is 4.74 Å². The molecule has 0 bridgehead atoms. The van der Waals surface area contributed by atoms with Crippen LogP contribution in [0.15, 0.2) is 0 Å². The van der Waals surface area contributed by atoms with E-state index in [-0.39, 0.29) is 0 Å². The van der Waals surface area contributed by atoms with Crippen LogP contribution in [-0.4, -0.2) is 49.0 Å². The molecular weight excluding hydrogens is 190 g/mol. The quantitative estimate of drug-likeness (QED) is 0.729. The van der Waals surface area contributed by atoms with Crippen molar-refractivity contribution in [3.05, 3.63) is 0 Å². The molecule has 1 N–H and O–H groups in total. The van der Waals surface area contributed by atoms with Gasteiger partial charge in [-0.05, 0) is 31.7 Å². The Labute approximate surface area is 93.4 Å². The maximum absolute atomic E-state index is 10.2. The number of rotatable bonds is 6. The summed E-state index contributed by atoms with van der Waals surface area (Å²) in [6.45, 7) is 7.98. The molecule has 1 saturated heterocycles. The first-order valence-corrected chi connectivity index (χ1v) is 6.07. The van der Waals surface area contributed by atoms with Crippen LogP contribution in [0.2, 0.25) is 0 Å². The van der Waals surface area contributed by atoms with Gasteiger partial charge in [-0.25, -0.2) is 0 Å². The van der Waals surface area contributed by atoms with E-state index in [1.54, 1.807) is 7.11 Å². The minimum Gasteiger partial charge on any atom is -0.389 e. The molecule has 1 unspecified atom stereocenters. The van der Waals surface area contributed by atoms with Crippen molar-refractivity contribution in [3.8, 4) is 0 Å². The van der Waals surface area contributed by atoms with Crippen LogP contribution in [0.25, 0.3) is 0 Å². The van der Waals surface area contributed by atoms with E-state index in [0.717, 1.165) is 39.1 Å². The normalized spacial score (nSPS) is 23.6. The van der Waals surface area contributed by atoms with Crippen molar-refractivity contribution in [3.63, 3.8) is 0 Å². The highest BCUT2D eigenvalue weighted by molar-refractivity contribution is 4.84. The van der Waals surface area contributed by atoms with Crippen LogP contribution in [0.1, 0.15) is 33.1 Å². The minimum atomic E-state index is -0.484. The molecule has 1 aliphatic rings. The van der Waals surface area contributed by atoms with Crippen LogP contribution in [0, 0.1) is 5.92 Å². The second-order valence-corrected chi connectivity index (χ2v) is 4.78. The lowest BCUT2D eigenvalue weighted by Gasteiger charge is -2.30. The molecule has 1 atom stereocenters. The summed E-state index contributed by atoms with van der Waals surface area (Å²) in [7, 11) is 1.76. The van der Waals surface area contributed by atoms with Gasteiger partial charge in [-0.2, -0.15) is 0 Å². The van der Waals surface area contributed by atoms with Gasteiger partial charge >= 0.3 is 0 Å². The van der Waals surface area contributed by atoms with Gasteiger partial charge in [0.05, 0.1) is 12.2 Å². The van der Waals surface area contributed by atoms with Crippen LogP contribution in [0.4, 0.5) is 0 Å². The number of β-amino-alcohol motifs (C(OH)–C–C–N with tert-alkyl or cyclic N) is 1. The Kier molecular flexibility index (Phi) is 5.03. The Balaban J connectivity index is 2.34. The fourth-order valence-corrected chi connectivity index (χ4v) is 2.32. The SMILES string of the molecule is CCC(O)(CC)CN1CCC(COC)C1. The molecule has 1 heterocycles. The molecule has 3 heteroatoms. The van der Waals surface area contributed by atoms with Gasteiger partial charge in [-0.1, -0.05) is 13.8 Å². The molecule has 1 fully saturated rings. The zero-order valence-electron chi connectivity index (χ0n) is 10.3. The second kappa shape index (κ2) is 5.83. The lowest BCUT2D eigenvalue weighted by Crippen LogP contribution is -2.41. The van der Waals surface area contributed by atoms with Gasteiger partial charge in [-0.15, -0.1) is 0 Å². The smallest absolute Gasteiger partial charge is 0.0768 e. The number of likely N-dealkylation sites (tertiary alicyclic amines) is 1. The summed E-state index contributed by atoms with van der Waals surface area (Å²) in [4.78, 5) is 2.37. The van der Waals surface area contributed by atoms with Crippen molar-refractivity contribution in [2.45, 2.75) is 38.7 Å². The molecule has 1 rings (SSSR count). The van der Waals surface area contributed by atoms with Gasteiger partial charge in [-0.3, -0.25) is 0 Å². The summed E-state index contributed by atoms with van der Waals surface area (Å²) in [5.41, 5.74) is -0.484. The average molecular weight is 215 g/mol. The maximum Gasteiger partial charge on any atom is 0.0768 e.